The average molecular weight is 244 g/mol. The Kier molecular flexibility index (Phi) is 2.26. The van der Waals surface area contributed by atoms with E-state index >= 15 is 0 Å². The van der Waals surface area contributed by atoms with Crippen molar-refractivity contribution in [3.05, 3.63) is 25.4 Å². The number of carbonyl (C=O) groups excluding carboxylic acids is 1. The van der Waals surface area contributed by atoms with E-state index in [0.717, 1.165) is 0 Å². The first-order valence-electron chi connectivity index (χ1n) is 5.58. The quantitative estimate of drug-likeness (QED) is 0.821. The van der Waals surface area contributed by atoms with E-state index < -0.39 is 0 Å². The number of amides is 1. The molecule has 0 aliphatic carbocycles. The lowest BCUT2D eigenvalue weighted by Crippen LogP contribution is -2.23. The van der Waals surface area contributed by atoms with Crippen molar-refractivity contribution < 1.29 is 4.79 Å². The molecule has 7 heteroatoms. The number of imidazole rings is 1. The Morgan fingerprint density at radius 1 is 1.44 bits per heavy atom. The third-order valence-corrected chi connectivity index (χ3v) is 3.15. The molecule has 2 N–H and O–H groups in total. The number of anilines is 1. The largest absolute Gasteiger partial charge is 0.382 e. The molecule has 1 aliphatic rings. The van der Waals surface area contributed by atoms with Crippen molar-refractivity contribution in [3.8, 4) is 0 Å². The molecule has 7 nitrogen and oxygen atoms in total. The summed E-state index contributed by atoms with van der Waals surface area (Å²) in [7, 11) is 0. The van der Waals surface area contributed by atoms with E-state index in [2.05, 4.69) is 21.5 Å². The van der Waals surface area contributed by atoms with E-state index in [9.17, 15) is 4.79 Å². The first-order valence-corrected chi connectivity index (χ1v) is 5.58. The van der Waals surface area contributed by atoms with E-state index in [1.54, 1.807) is 22.0 Å². The summed E-state index contributed by atoms with van der Waals surface area (Å²) in [6.45, 7) is 4.28. The van der Waals surface area contributed by atoms with Gasteiger partial charge in [0.15, 0.2) is 11.5 Å². The van der Waals surface area contributed by atoms with Gasteiger partial charge < -0.3 is 15.2 Å². The summed E-state index contributed by atoms with van der Waals surface area (Å²) < 4.78 is 1.75. The lowest BCUT2D eigenvalue weighted by atomic mass is 10.2. The van der Waals surface area contributed by atoms with Crippen LogP contribution in [0, 0.1) is 0 Å². The van der Waals surface area contributed by atoms with E-state index in [4.69, 9.17) is 5.73 Å². The molecule has 0 spiro atoms. The van der Waals surface area contributed by atoms with Gasteiger partial charge in [0.05, 0.1) is 6.33 Å². The number of nitrogens with zero attached hydrogens (tertiary/aromatic N) is 5. The maximum atomic E-state index is 12.1. The third kappa shape index (κ3) is 1.37. The summed E-state index contributed by atoms with van der Waals surface area (Å²) in [6.07, 6.45) is 5.22. The van der Waals surface area contributed by atoms with Crippen molar-refractivity contribution in [1.82, 2.24) is 24.4 Å². The molecule has 2 aromatic rings. The van der Waals surface area contributed by atoms with Crippen LogP contribution in [0.5, 0.6) is 0 Å². The highest BCUT2D eigenvalue weighted by Crippen LogP contribution is 2.27. The summed E-state index contributed by atoms with van der Waals surface area (Å²) >= 11 is 0. The summed E-state index contributed by atoms with van der Waals surface area (Å²) in [6, 6.07) is -0.290. The molecule has 1 amide bonds. The van der Waals surface area contributed by atoms with E-state index in [1.807, 2.05) is 0 Å². The molecule has 0 saturated carbocycles. The second-order valence-electron chi connectivity index (χ2n) is 4.10. The number of aromatic nitrogens is 4. The fourth-order valence-corrected chi connectivity index (χ4v) is 2.22. The number of fused-ring (bicyclic) bond motifs is 1. The third-order valence-electron chi connectivity index (χ3n) is 3.15. The summed E-state index contributed by atoms with van der Waals surface area (Å²) in [5.74, 6) is 0.325. The van der Waals surface area contributed by atoms with Gasteiger partial charge in [0.1, 0.15) is 17.9 Å². The molecule has 1 saturated heterocycles. The average Bonchev–Trinajstić information content (AvgIpc) is 2.93. The van der Waals surface area contributed by atoms with Gasteiger partial charge in [-0.15, -0.1) is 0 Å². The molecule has 3 heterocycles. The molecule has 1 unspecified atom stereocenters. The van der Waals surface area contributed by atoms with Crippen LogP contribution in [0.4, 0.5) is 5.82 Å². The van der Waals surface area contributed by atoms with Crippen molar-refractivity contribution in [2.24, 2.45) is 0 Å². The zero-order valence-corrected chi connectivity index (χ0v) is 9.65. The van der Waals surface area contributed by atoms with Gasteiger partial charge in [-0.2, -0.15) is 0 Å². The summed E-state index contributed by atoms with van der Waals surface area (Å²) in [4.78, 5) is 25.9. The van der Waals surface area contributed by atoms with Crippen LogP contribution in [0.15, 0.2) is 25.4 Å². The Morgan fingerprint density at radius 2 is 2.28 bits per heavy atom. The summed E-state index contributed by atoms with van der Waals surface area (Å²) in [5, 5.41) is 0. The first-order chi connectivity index (χ1) is 8.72. The SMILES string of the molecule is C=CN1CCC(n2cnc3c(N)ncnc32)C1=O. The highest BCUT2D eigenvalue weighted by atomic mass is 16.2. The highest BCUT2D eigenvalue weighted by molar-refractivity contribution is 5.87. The van der Waals surface area contributed by atoms with Gasteiger partial charge >= 0.3 is 0 Å². The minimum absolute atomic E-state index is 0.00137. The Labute approximate surface area is 103 Å². The van der Waals surface area contributed by atoms with Gasteiger partial charge in [0.2, 0.25) is 5.91 Å². The van der Waals surface area contributed by atoms with Gasteiger partial charge in [-0.1, -0.05) is 6.58 Å². The molecule has 0 aromatic carbocycles. The Balaban J connectivity index is 2.08. The van der Waals surface area contributed by atoms with Gasteiger partial charge in [-0.05, 0) is 12.6 Å². The van der Waals surface area contributed by atoms with Crippen LogP contribution >= 0.6 is 0 Å². The minimum atomic E-state index is -0.290. The van der Waals surface area contributed by atoms with Crippen LogP contribution in [0.1, 0.15) is 12.5 Å². The van der Waals surface area contributed by atoms with Gasteiger partial charge in [0.25, 0.3) is 0 Å². The lowest BCUT2D eigenvalue weighted by molar-refractivity contribution is -0.128. The zero-order valence-electron chi connectivity index (χ0n) is 9.65. The number of hydrogen-bond donors (Lipinski definition) is 1. The van der Waals surface area contributed by atoms with Crippen LogP contribution in [0.25, 0.3) is 11.2 Å². The standard InChI is InChI=1S/C11H12N6O/c1-2-16-4-3-7(11(16)18)17-6-15-8-9(12)13-5-14-10(8)17/h2,5-7H,1,3-4H2,(H2,12,13,14). The zero-order chi connectivity index (χ0) is 12.7. The normalized spacial score (nSPS) is 19.7. The number of nitrogen functional groups attached to an aromatic ring is 1. The predicted molar refractivity (Wildman–Crippen MR) is 65.3 cm³/mol. The molecule has 0 radical (unpaired) electrons. The van der Waals surface area contributed by atoms with Crippen LogP contribution in [0.3, 0.4) is 0 Å². The van der Waals surface area contributed by atoms with Gasteiger partial charge in [0, 0.05) is 6.54 Å². The fourth-order valence-electron chi connectivity index (χ4n) is 2.22. The number of likely N-dealkylation sites (tertiary alicyclic amines) is 1. The first kappa shape index (κ1) is 10.7. The second kappa shape index (κ2) is 3.80. The maximum absolute atomic E-state index is 12.1. The summed E-state index contributed by atoms with van der Waals surface area (Å²) in [5.41, 5.74) is 6.84. The van der Waals surface area contributed by atoms with Gasteiger partial charge in [-0.25, -0.2) is 15.0 Å². The Morgan fingerprint density at radius 3 is 3.00 bits per heavy atom. The molecule has 1 atom stereocenters. The molecular weight excluding hydrogens is 232 g/mol. The van der Waals surface area contributed by atoms with Crippen molar-refractivity contribution in [2.45, 2.75) is 12.5 Å². The maximum Gasteiger partial charge on any atom is 0.249 e. The predicted octanol–water partition coefficient (Wildman–Crippen LogP) is 0.325. The monoisotopic (exact) mass is 244 g/mol. The van der Waals surface area contributed by atoms with Crippen LogP contribution in [-0.2, 0) is 4.79 Å². The molecule has 2 aromatic heterocycles. The van der Waals surface area contributed by atoms with Crippen molar-refractivity contribution in [2.75, 3.05) is 12.3 Å². The van der Waals surface area contributed by atoms with E-state index in [0.29, 0.717) is 29.9 Å². The van der Waals surface area contributed by atoms with Gasteiger partial charge in [-0.3, -0.25) is 4.79 Å². The molecule has 3 rings (SSSR count). The molecule has 0 bridgehead atoms. The van der Waals surface area contributed by atoms with E-state index in [1.165, 1.54) is 6.33 Å². The molecule has 1 aliphatic heterocycles. The van der Waals surface area contributed by atoms with E-state index in [-0.39, 0.29) is 11.9 Å². The molecule has 92 valence electrons. The molecular formula is C11H12N6O. The lowest BCUT2D eigenvalue weighted by Gasteiger charge is -2.12. The number of rotatable bonds is 2. The van der Waals surface area contributed by atoms with Crippen molar-refractivity contribution >= 4 is 22.9 Å². The van der Waals surface area contributed by atoms with Crippen molar-refractivity contribution in [3.63, 3.8) is 0 Å². The smallest absolute Gasteiger partial charge is 0.249 e. The molecule has 18 heavy (non-hydrogen) atoms. The Hall–Kier alpha value is -2.44. The number of nitrogens with two attached hydrogens (primary N) is 1. The molecule has 1 fully saturated rings. The highest BCUT2D eigenvalue weighted by Gasteiger charge is 2.32. The van der Waals surface area contributed by atoms with Crippen LogP contribution < -0.4 is 5.73 Å². The Bertz CT molecular complexity index is 633. The number of carbonyl (C=O) groups is 1. The van der Waals surface area contributed by atoms with Crippen LogP contribution in [-0.4, -0.2) is 36.9 Å². The van der Waals surface area contributed by atoms with Crippen molar-refractivity contribution in [1.29, 1.82) is 0 Å². The fraction of sp³-hybridized carbons (Fsp3) is 0.273. The van der Waals surface area contributed by atoms with Crippen LogP contribution in [0.2, 0.25) is 0 Å². The minimum Gasteiger partial charge on any atom is -0.382 e. The number of hydrogen-bond acceptors (Lipinski definition) is 5. The second-order valence-corrected chi connectivity index (χ2v) is 4.10. The topological polar surface area (TPSA) is 89.9 Å².